The Balaban J connectivity index is 1.16. The molecule has 0 atom stereocenters. The number of aryl methyl sites for hydroxylation is 1. The number of anilines is 1. The van der Waals surface area contributed by atoms with Crippen LogP contribution in [0.1, 0.15) is 93.7 Å². The molecule has 4 nitrogen and oxygen atoms in total. The van der Waals surface area contributed by atoms with Crippen molar-refractivity contribution in [2.45, 2.75) is 101 Å². The van der Waals surface area contributed by atoms with Crippen LogP contribution in [0.5, 0.6) is 0 Å². The first-order valence-corrected chi connectivity index (χ1v) is 16.1. The third-order valence-corrected chi connectivity index (χ3v) is 10.4. The zero-order chi connectivity index (χ0) is 25.7. The maximum absolute atomic E-state index is 14.8. The summed E-state index contributed by atoms with van der Waals surface area (Å²) in [5, 5.41) is 0. The molecule has 5 rings (SSSR count). The summed E-state index contributed by atoms with van der Waals surface area (Å²) in [5.74, 6) is 1.20. The Kier molecular flexibility index (Phi) is 8.86. The van der Waals surface area contributed by atoms with Crippen molar-refractivity contribution in [3.8, 4) is 0 Å². The highest BCUT2D eigenvalue weighted by molar-refractivity contribution is 7.92. The lowest BCUT2D eigenvalue weighted by Gasteiger charge is -2.31. The number of sulfonamides is 1. The lowest BCUT2D eigenvalue weighted by molar-refractivity contribution is 0.217. The molecule has 1 heterocycles. The van der Waals surface area contributed by atoms with Gasteiger partial charge < -0.3 is 0 Å². The van der Waals surface area contributed by atoms with Gasteiger partial charge in [0.2, 0.25) is 0 Å². The number of fused-ring (bicyclic) bond motifs is 1. The quantitative estimate of drug-likeness (QED) is 0.349. The molecule has 2 aromatic rings. The Morgan fingerprint density at radius 1 is 0.865 bits per heavy atom. The first-order chi connectivity index (χ1) is 18.0. The fourth-order valence-electron chi connectivity index (χ4n) is 6.68. The third-order valence-electron chi connectivity index (χ3n) is 8.99. The van der Waals surface area contributed by atoms with E-state index in [0.717, 1.165) is 61.9 Å². The zero-order valence-corrected chi connectivity index (χ0v) is 23.0. The molecule has 1 N–H and O–H groups in total. The number of nitrogens with one attached hydrogen (secondary N) is 1. The lowest BCUT2D eigenvalue weighted by atomic mass is 9.86. The fraction of sp³-hybridized carbons (Fsp3) is 0.613. The summed E-state index contributed by atoms with van der Waals surface area (Å²) in [6.07, 6.45) is 17.5. The summed E-state index contributed by atoms with van der Waals surface area (Å²) in [7, 11) is -3.85. The number of benzene rings is 2. The molecule has 0 amide bonds. The van der Waals surface area contributed by atoms with Gasteiger partial charge in [0.25, 0.3) is 10.0 Å². The third kappa shape index (κ3) is 7.14. The van der Waals surface area contributed by atoms with Crippen molar-refractivity contribution >= 4 is 15.7 Å². The summed E-state index contributed by atoms with van der Waals surface area (Å²) in [6.45, 7) is 2.97. The van der Waals surface area contributed by atoms with Gasteiger partial charge in [-0.25, -0.2) is 12.8 Å². The molecule has 37 heavy (non-hydrogen) atoms. The number of nitrogens with zero attached hydrogens (tertiary/aromatic N) is 1. The van der Waals surface area contributed by atoms with Crippen LogP contribution in [0.15, 0.2) is 41.3 Å². The summed E-state index contributed by atoms with van der Waals surface area (Å²) in [5.41, 5.74) is 3.25. The van der Waals surface area contributed by atoms with Crippen LogP contribution < -0.4 is 4.72 Å². The van der Waals surface area contributed by atoms with Gasteiger partial charge in [-0.3, -0.25) is 9.62 Å². The summed E-state index contributed by atoms with van der Waals surface area (Å²) in [6, 6.07) is 10.3. The lowest BCUT2D eigenvalue weighted by Crippen LogP contribution is -2.32. The summed E-state index contributed by atoms with van der Waals surface area (Å²) < 4.78 is 43.5. The molecule has 0 spiro atoms. The average molecular weight is 527 g/mol. The second kappa shape index (κ2) is 12.3. The van der Waals surface area contributed by atoms with E-state index in [1.165, 1.54) is 82.3 Å². The normalized spacial score (nSPS) is 19.7. The van der Waals surface area contributed by atoms with Gasteiger partial charge in [0.05, 0.1) is 10.6 Å². The van der Waals surface area contributed by atoms with Crippen LogP contribution >= 0.6 is 0 Å². The van der Waals surface area contributed by atoms with Gasteiger partial charge in [0, 0.05) is 13.1 Å². The minimum Gasteiger partial charge on any atom is -0.299 e. The van der Waals surface area contributed by atoms with Crippen molar-refractivity contribution in [3.05, 3.63) is 58.9 Å². The van der Waals surface area contributed by atoms with Crippen molar-refractivity contribution in [1.82, 2.24) is 4.90 Å². The zero-order valence-electron chi connectivity index (χ0n) is 22.2. The number of rotatable bonds is 10. The van der Waals surface area contributed by atoms with Crippen molar-refractivity contribution in [1.29, 1.82) is 0 Å². The fourth-order valence-corrected chi connectivity index (χ4v) is 7.80. The molecule has 2 aliphatic carbocycles. The maximum atomic E-state index is 14.8. The van der Waals surface area contributed by atoms with Crippen LogP contribution in [0.2, 0.25) is 0 Å². The Bertz CT molecular complexity index is 1150. The molecular formula is C31H43FN2O2S. The van der Waals surface area contributed by atoms with Crippen LogP contribution in [0, 0.1) is 17.7 Å². The smallest absolute Gasteiger partial charge is 0.261 e. The molecule has 1 aliphatic heterocycles. The number of hydrogen-bond donors (Lipinski definition) is 1. The Morgan fingerprint density at radius 3 is 2.35 bits per heavy atom. The van der Waals surface area contributed by atoms with Crippen molar-refractivity contribution < 1.29 is 12.8 Å². The predicted octanol–water partition coefficient (Wildman–Crippen LogP) is 7.47. The molecule has 3 aliphatic rings. The maximum Gasteiger partial charge on any atom is 0.261 e. The van der Waals surface area contributed by atoms with Crippen molar-refractivity contribution in [2.24, 2.45) is 11.8 Å². The molecule has 0 bridgehead atoms. The monoisotopic (exact) mass is 526 g/mol. The first kappa shape index (κ1) is 26.7. The average Bonchev–Trinajstić information content (AvgIpc) is 3.43. The van der Waals surface area contributed by atoms with Crippen LogP contribution in [0.3, 0.4) is 0 Å². The highest BCUT2D eigenvalue weighted by Gasteiger charge is 2.23. The minimum absolute atomic E-state index is 0.0196. The topological polar surface area (TPSA) is 49.4 Å². The first-order valence-electron chi connectivity index (χ1n) is 14.6. The van der Waals surface area contributed by atoms with Crippen LogP contribution in [0.25, 0.3) is 0 Å². The number of halogens is 1. The van der Waals surface area contributed by atoms with Gasteiger partial charge in [0.1, 0.15) is 5.82 Å². The Morgan fingerprint density at radius 2 is 1.59 bits per heavy atom. The molecule has 2 aromatic carbocycles. The largest absolute Gasteiger partial charge is 0.299 e. The summed E-state index contributed by atoms with van der Waals surface area (Å²) >= 11 is 0. The summed E-state index contributed by atoms with van der Waals surface area (Å²) in [4.78, 5) is 2.72. The molecule has 0 unspecified atom stereocenters. The van der Waals surface area contributed by atoms with Gasteiger partial charge in [-0.05, 0) is 85.0 Å². The molecular weight excluding hydrogens is 483 g/mol. The van der Waals surface area contributed by atoms with Gasteiger partial charge in [-0.15, -0.1) is 0 Å². The number of hydrogen-bond acceptors (Lipinski definition) is 3. The van der Waals surface area contributed by atoms with E-state index in [-0.39, 0.29) is 10.6 Å². The SMILES string of the molecule is O=S(=O)(Nc1ccc(CCCC2CCCC2)cc1F)c1ccc2c(c1)CCN(CCC1CCCCC1)C2. The van der Waals surface area contributed by atoms with E-state index in [2.05, 4.69) is 9.62 Å². The van der Waals surface area contributed by atoms with E-state index < -0.39 is 15.8 Å². The van der Waals surface area contributed by atoms with Gasteiger partial charge in [-0.1, -0.05) is 76.3 Å². The van der Waals surface area contributed by atoms with E-state index in [0.29, 0.717) is 0 Å². The second-order valence-corrected chi connectivity index (χ2v) is 13.4. The molecule has 2 fully saturated rings. The second-order valence-electron chi connectivity index (χ2n) is 11.7. The predicted molar refractivity (Wildman–Crippen MR) is 149 cm³/mol. The molecule has 0 aromatic heterocycles. The van der Waals surface area contributed by atoms with Crippen LogP contribution in [-0.2, 0) is 29.4 Å². The van der Waals surface area contributed by atoms with E-state index in [1.54, 1.807) is 18.2 Å². The standard InChI is InChI=1S/C31H43FN2O2S/c32-30-21-26(12-6-11-24-9-4-5-10-24)13-16-31(30)33-37(35,36)29-15-14-28-23-34(20-18-27(28)22-29)19-17-25-7-2-1-3-8-25/h13-16,21-22,24-25,33H,1-12,17-20,23H2. The van der Waals surface area contributed by atoms with Gasteiger partial charge >= 0.3 is 0 Å². The Labute approximate surface area is 223 Å². The van der Waals surface area contributed by atoms with Crippen molar-refractivity contribution in [2.75, 3.05) is 17.8 Å². The minimum atomic E-state index is -3.85. The van der Waals surface area contributed by atoms with Crippen LogP contribution in [-0.4, -0.2) is 26.4 Å². The van der Waals surface area contributed by atoms with Crippen molar-refractivity contribution in [3.63, 3.8) is 0 Å². The molecule has 0 saturated heterocycles. The highest BCUT2D eigenvalue weighted by Crippen LogP contribution is 2.30. The molecule has 0 radical (unpaired) electrons. The van der Waals surface area contributed by atoms with Crippen LogP contribution in [0.4, 0.5) is 10.1 Å². The molecule has 202 valence electrons. The van der Waals surface area contributed by atoms with E-state index in [4.69, 9.17) is 0 Å². The van der Waals surface area contributed by atoms with E-state index >= 15 is 0 Å². The van der Waals surface area contributed by atoms with Gasteiger partial charge in [0.15, 0.2) is 0 Å². The Hall–Kier alpha value is -1.92. The molecule has 6 heteroatoms. The van der Waals surface area contributed by atoms with E-state index in [9.17, 15) is 12.8 Å². The highest BCUT2D eigenvalue weighted by atomic mass is 32.2. The molecule has 2 saturated carbocycles. The van der Waals surface area contributed by atoms with Gasteiger partial charge in [-0.2, -0.15) is 0 Å². The van der Waals surface area contributed by atoms with E-state index in [1.807, 2.05) is 12.1 Å².